The highest BCUT2D eigenvalue weighted by Crippen LogP contribution is 2.37. The van der Waals surface area contributed by atoms with Crippen molar-refractivity contribution in [1.29, 1.82) is 0 Å². The SMILES string of the molecule is C[C@H]1Cc2cc(CN3CCC4(CC3)Nc3ccccc3NC4=O)ccc2O1. The first-order valence-electron chi connectivity index (χ1n) is 9.81. The van der Waals surface area contributed by atoms with Gasteiger partial charge in [-0.3, -0.25) is 9.69 Å². The number of amides is 1. The fourth-order valence-electron chi connectivity index (χ4n) is 4.53. The van der Waals surface area contributed by atoms with Gasteiger partial charge in [-0.05, 0) is 49.1 Å². The van der Waals surface area contributed by atoms with Crippen molar-refractivity contribution in [3.63, 3.8) is 0 Å². The van der Waals surface area contributed by atoms with E-state index in [4.69, 9.17) is 4.74 Å². The number of hydrogen-bond donors (Lipinski definition) is 2. The molecule has 5 heteroatoms. The topological polar surface area (TPSA) is 53.6 Å². The zero-order valence-corrected chi connectivity index (χ0v) is 15.6. The predicted octanol–water partition coefficient (Wildman–Crippen LogP) is 3.41. The van der Waals surface area contributed by atoms with Gasteiger partial charge in [0.25, 0.3) is 0 Å². The monoisotopic (exact) mass is 363 g/mol. The normalized spacial score (nSPS) is 23.1. The first-order chi connectivity index (χ1) is 13.1. The molecular formula is C22H25N3O2. The smallest absolute Gasteiger partial charge is 0.250 e. The van der Waals surface area contributed by atoms with Gasteiger partial charge in [0.2, 0.25) is 5.91 Å². The van der Waals surface area contributed by atoms with Crippen molar-refractivity contribution in [2.45, 2.75) is 44.4 Å². The molecule has 3 aliphatic heterocycles. The minimum atomic E-state index is -0.480. The van der Waals surface area contributed by atoms with Crippen LogP contribution in [0, 0.1) is 0 Å². The summed E-state index contributed by atoms with van der Waals surface area (Å²) in [7, 11) is 0. The molecule has 0 bridgehead atoms. The molecule has 1 atom stereocenters. The Kier molecular flexibility index (Phi) is 3.86. The van der Waals surface area contributed by atoms with E-state index in [1.807, 2.05) is 24.3 Å². The third-order valence-corrected chi connectivity index (χ3v) is 6.06. The van der Waals surface area contributed by atoms with Gasteiger partial charge in [-0.2, -0.15) is 0 Å². The average Bonchev–Trinajstić information content (AvgIpc) is 3.04. The van der Waals surface area contributed by atoms with E-state index in [2.05, 4.69) is 40.7 Å². The highest BCUT2D eigenvalue weighted by atomic mass is 16.5. The van der Waals surface area contributed by atoms with Crippen LogP contribution < -0.4 is 15.4 Å². The molecule has 0 aromatic heterocycles. The second-order valence-corrected chi connectivity index (χ2v) is 8.06. The summed E-state index contributed by atoms with van der Waals surface area (Å²) in [6.45, 7) is 4.86. The molecule has 0 unspecified atom stereocenters. The number of anilines is 2. The Bertz CT molecular complexity index is 887. The van der Waals surface area contributed by atoms with Crippen molar-refractivity contribution in [2.75, 3.05) is 23.7 Å². The largest absolute Gasteiger partial charge is 0.490 e. The van der Waals surface area contributed by atoms with Crippen molar-refractivity contribution in [1.82, 2.24) is 4.90 Å². The lowest BCUT2D eigenvalue weighted by molar-refractivity contribution is -0.122. The number of rotatable bonds is 2. The summed E-state index contributed by atoms with van der Waals surface area (Å²) in [5, 5.41) is 6.61. The second kappa shape index (κ2) is 6.27. The molecule has 1 amide bonds. The van der Waals surface area contributed by atoms with Crippen LogP contribution in [-0.4, -0.2) is 35.5 Å². The first-order valence-corrected chi connectivity index (χ1v) is 9.81. The van der Waals surface area contributed by atoms with E-state index in [0.29, 0.717) is 0 Å². The molecule has 27 heavy (non-hydrogen) atoms. The zero-order valence-electron chi connectivity index (χ0n) is 15.6. The maximum atomic E-state index is 12.8. The van der Waals surface area contributed by atoms with Gasteiger partial charge in [-0.25, -0.2) is 0 Å². The number of carbonyl (C=O) groups is 1. The molecule has 2 aromatic rings. The summed E-state index contributed by atoms with van der Waals surface area (Å²) in [5.74, 6) is 1.13. The molecule has 5 nitrogen and oxygen atoms in total. The van der Waals surface area contributed by atoms with Crippen molar-refractivity contribution in [2.24, 2.45) is 0 Å². The lowest BCUT2D eigenvalue weighted by Gasteiger charge is -2.44. The zero-order chi connectivity index (χ0) is 18.4. The van der Waals surface area contributed by atoms with Gasteiger partial charge in [0.15, 0.2) is 0 Å². The van der Waals surface area contributed by atoms with Crippen molar-refractivity contribution in [3.8, 4) is 5.75 Å². The number of carbonyl (C=O) groups excluding carboxylic acids is 1. The van der Waals surface area contributed by atoms with Crippen LogP contribution >= 0.6 is 0 Å². The van der Waals surface area contributed by atoms with E-state index >= 15 is 0 Å². The van der Waals surface area contributed by atoms with E-state index in [1.54, 1.807) is 0 Å². The maximum absolute atomic E-state index is 12.8. The number of fused-ring (bicyclic) bond motifs is 2. The molecule has 1 saturated heterocycles. The molecule has 1 fully saturated rings. The molecule has 5 rings (SSSR count). The Morgan fingerprint density at radius 1 is 1.15 bits per heavy atom. The number of nitrogens with one attached hydrogen (secondary N) is 2. The van der Waals surface area contributed by atoms with Crippen LogP contribution in [0.1, 0.15) is 30.9 Å². The number of benzene rings is 2. The fourth-order valence-corrected chi connectivity index (χ4v) is 4.53. The number of likely N-dealkylation sites (tertiary alicyclic amines) is 1. The lowest BCUT2D eigenvalue weighted by Crippen LogP contribution is -2.58. The molecule has 3 aliphatic rings. The van der Waals surface area contributed by atoms with Crippen LogP contribution in [0.4, 0.5) is 11.4 Å². The van der Waals surface area contributed by atoms with Gasteiger partial charge < -0.3 is 15.4 Å². The van der Waals surface area contributed by atoms with E-state index < -0.39 is 5.54 Å². The quantitative estimate of drug-likeness (QED) is 0.859. The highest BCUT2D eigenvalue weighted by molar-refractivity contribution is 6.06. The molecule has 0 radical (unpaired) electrons. The molecule has 140 valence electrons. The standard InChI is InChI=1S/C22H25N3O2/c1-15-12-17-13-16(6-7-20(17)27-15)14-25-10-8-22(9-11-25)21(26)23-18-4-2-3-5-19(18)24-22/h2-7,13,15,24H,8-12,14H2,1H3,(H,23,26)/t15-/m0/s1. The summed E-state index contributed by atoms with van der Waals surface area (Å²) in [6, 6.07) is 14.5. The molecular weight excluding hydrogens is 338 g/mol. The molecule has 3 heterocycles. The van der Waals surface area contributed by atoms with Crippen LogP contribution in [0.15, 0.2) is 42.5 Å². The van der Waals surface area contributed by atoms with Gasteiger partial charge in [0.1, 0.15) is 17.4 Å². The highest BCUT2D eigenvalue weighted by Gasteiger charge is 2.44. The third-order valence-electron chi connectivity index (χ3n) is 6.06. The Hall–Kier alpha value is -2.53. The van der Waals surface area contributed by atoms with E-state index in [0.717, 1.165) is 56.0 Å². The number of ether oxygens (including phenoxy) is 1. The Morgan fingerprint density at radius 2 is 1.93 bits per heavy atom. The van der Waals surface area contributed by atoms with Crippen LogP contribution in [-0.2, 0) is 17.8 Å². The summed E-state index contributed by atoms with van der Waals surface area (Å²) < 4.78 is 5.80. The van der Waals surface area contributed by atoms with Crippen LogP contribution in [0.2, 0.25) is 0 Å². The molecule has 0 aliphatic carbocycles. The van der Waals surface area contributed by atoms with E-state index in [9.17, 15) is 4.79 Å². The number of hydrogen-bond acceptors (Lipinski definition) is 4. The van der Waals surface area contributed by atoms with Gasteiger partial charge >= 0.3 is 0 Å². The van der Waals surface area contributed by atoms with Crippen LogP contribution in [0.5, 0.6) is 5.75 Å². The molecule has 1 spiro atoms. The molecule has 0 saturated carbocycles. The summed E-state index contributed by atoms with van der Waals surface area (Å²) in [4.78, 5) is 15.2. The van der Waals surface area contributed by atoms with Crippen molar-refractivity contribution >= 4 is 17.3 Å². The predicted molar refractivity (Wildman–Crippen MR) is 106 cm³/mol. The van der Waals surface area contributed by atoms with Crippen LogP contribution in [0.25, 0.3) is 0 Å². The number of nitrogens with zero attached hydrogens (tertiary/aromatic N) is 1. The Morgan fingerprint density at radius 3 is 2.74 bits per heavy atom. The summed E-state index contributed by atoms with van der Waals surface area (Å²) in [5.41, 5.74) is 4.07. The van der Waals surface area contributed by atoms with Gasteiger partial charge in [-0.1, -0.05) is 24.3 Å². The molecule has 2 N–H and O–H groups in total. The van der Waals surface area contributed by atoms with Crippen LogP contribution in [0.3, 0.4) is 0 Å². The van der Waals surface area contributed by atoms with Gasteiger partial charge in [0.05, 0.1) is 11.4 Å². The van der Waals surface area contributed by atoms with Crippen molar-refractivity contribution in [3.05, 3.63) is 53.6 Å². The second-order valence-electron chi connectivity index (χ2n) is 8.06. The maximum Gasteiger partial charge on any atom is 0.250 e. The average molecular weight is 363 g/mol. The van der Waals surface area contributed by atoms with E-state index in [-0.39, 0.29) is 12.0 Å². The van der Waals surface area contributed by atoms with E-state index in [1.165, 1.54) is 11.1 Å². The number of para-hydroxylation sites is 2. The minimum absolute atomic E-state index is 0.101. The van der Waals surface area contributed by atoms with Crippen molar-refractivity contribution < 1.29 is 9.53 Å². The molecule has 2 aromatic carbocycles. The number of piperidine rings is 1. The fraction of sp³-hybridized carbons (Fsp3) is 0.409. The van der Waals surface area contributed by atoms with Gasteiger partial charge in [-0.15, -0.1) is 0 Å². The first kappa shape index (κ1) is 16.6. The Balaban J connectivity index is 1.26. The minimum Gasteiger partial charge on any atom is -0.490 e. The Labute approximate surface area is 159 Å². The van der Waals surface area contributed by atoms with Gasteiger partial charge in [0, 0.05) is 26.1 Å². The summed E-state index contributed by atoms with van der Waals surface area (Å²) >= 11 is 0. The lowest BCUT2D eigenvalue weighted by atomic mass is 9.84. The third kappa shape index (κ3) is 2.96. The summed E-state index contributed by atoms with van der Waals surface area (Å²) in [6.07, 6.45) is 2.91.